The largest absolute Gasteiger partial charge is 0.294 e. The molecule has 4 nitrogen and oxygen atoms in total. The van der Waals surface area contributed by atoms with Crippen molar-refractivity contribution >= 4 is 32.7 Å². The fraction of sp³-hybridized carbons (Fsp3) is 0.0263. The van der Waals surface area contributed by atoms with Gasteiger partial charge in [-0.15, -0.1) is 0 Å². The fourth-order valence-electron chi connectivity index (χ4n) is 5.92. The van der Waals surface area contributed by atoms with Crippen molar-refractivity contribution in [2.45, 2.75) is 6.92 Å². The second kappa shape index (κ2) is 9.79. The molecule has 0 aliphatic heterocycles. The zero-order valence-corrected chi connectivity index (χ0v) is 23.1. The normalized spacial score (nSPS) is 11.5. The molecule has 0 amide bonds. The van der Waals surface area contributed by atoms with Crippen molar-refractivity contribution in [1.82, 2.24) is 19.5 Å². The maximum Gasteiger partial charge on any atom is 0.145 e. The summed E-state index contributed by atoms with van der Waals surface area (Å²) in [5, 5.41) is 4.85. The standard InChI is InChI=1S/C38H26N4/c1-25-11-20-37-34(22-25)33-10-5-21-39-38(33)42(37)30-16-12-26(13-17-30)28-14-18-35(40-23-28)36-19-15-29(24-41-36)32-9-4-7-27-6-2-3-8-31(27)32/h2-24H,1H3. The zero-order chi connectivity index (χ0) is 28.0. The Morgan fingerprint density at radius 2 is 1.24 bits per heavy atom. The molecular weight excluding hydrogens is 512 g/mol. The Labute approximate surface area is 243 Å². The number of pyridine rings is 3. The molecule has 0 N–H and O–H groups in total. The van der Waals surface area contributed by atoms with Crippen LogP contribution in [0.4, 0.5) is 0 Å². The van der Waals surface area contributed by atoms with Crippen LogP contribution in [0.1, 0.15) is 5.56 Å². The van der Waals surface area contributed by atoms with E-state index in [-0.39, 0.29) is 0 Å². The number of fused-ring (bicyclic) bond motifs is 4. The average Bonchev–Trinajstić information content (AvgIpc) is 3.38. The van der Waals surface area contributed by atoms with E-state index >= 15 is 0 Å². The summed E-state index contributed by atoms with van der Waals surface area (Å²) in [5.41, 5.74) is 10.6. The van der Waals surface area contributed by atoms with E-state index in [9.17, 15) is 0 Å². The summed E-state index contributed by atoms with van der Waals surface area (Å²) in [6, 6.07) is 42.5. The van der Waals surface area contributed by atoms with Crippen LogP contribution in [0.25, 0.3) is 72.0 Å². The first kappa shape index (κ1) is 24.2. The Bertz CT molecular complexity index is 2220. The van der Waals surface area contributed by atoms with Gasteiger partial charge in [-0.05, 0) is 77.4 Å². The first-order valence-electron chi connectivity index (χ1n) is 14.1. The molecule has 42 heavy (non-hydrogen) atoms. The van der Waals surface area contributed by atoms with E-state index in [0.29, 0.717) is 0 Å². The molecule has 8 rings (SSSR count). The molecule has 4 aromatic carbocycles. The van der Waals surface area contributed by atoms with Gasteiger partial charge in [0.15, 0.2) is 0 Å². The molecule has 0 saturated carbocycles. The summed E-state index contributed by atoms with van der Waals surface area (Å²) < 4.78 is 2.24. The molecule has 0 radical (unpaired) electrons. The van der Waals surface area contributed by atoms with E-state index in [1.165, 1.54) is 32.7 Å². The summed E-state index contributed by atoms with van der Waals surface area (Å²) in [6.45, 7) is 2.13. The van der Waals surface area contributed by atoms with Crippen molar-refractivity contribution in [2.24, 2.45) is 0 Å². The Kier molecular flexibility index (Phi) is 5.64. The van der Waals surface area contributed by atoms with Gasteiger partial charge in [0.2, 0.25) is 0 Å². The van der Waals surface area contributed by atoms with E-state index in [0.717, 1.165) is 44.9 Å². The third-order valence-corrected chi connectivity index (χ3v) is 8.03. The van der Waals surface area contributed by atoms with Crippen molar-refractivity contribution in [1.29, 1.82) is 0 Å². The molecule has 198 valence electrons. The molecular formula is C38H26N4. The highest BCUT2D eigenvalue weighted by Gasteiger charge is 2.13. The lowest BCUT2D eigenvalue weighted by molar-refractivity contribution is 1.13. The van der Waals surface area contributed by atoms with E-state index in [1.54, 1.807) is 0 Å². The van der Waals surface area contributed by atoms with Crippen molar-refractivity contribution in [3.05, 3.63) is 145 Å². The molecule has 4 aromatic heterocycles. The van der Waals surface area contributed by atoms with Crippen molar-refractivity contribution in [3.8, 4) is 39.3 Å². The predicted molar refractivity (Wildman–Crippen MR) is 173 cm³/mol. The average molecular weight is 539 g/mol. The highest BCUT2D eigenvalue weighted by molar-refractivity contribution is 6.08. The molecule has 0 atom stereocenters. The third kappa shape index (κ3) is 4.04. The van der Waals surface area contributed by atoms with Crippen LogP contribution in [-0.4, -0.2) is 19.5 Å². The SMILES string of the molecule is Cc1ccc2c(c1)c1cccnc1n2-c1ccc(-c2ccc(-c3ccc(-c4cccc5ccccc45)cn3)nc2)cc1. The van der Waals surface area contributed by atoms with E-state index in [4.69, 9.17) is 15.0 Å². The number of aryl methyl sites for hydroxylation is 1. The molecule has 0 spiro atoms. The number of benzene rings is 4. The minimum absolute atomic E-state index is 0.853. The predicted octanol–water partition coefficient (Wildman–Crippen LogP) is 9.43. The minimum atomic E-state index is 0.853. The Morgan fingerprint density at radius 3 is 2.02 bits per heavy atom. The van der Waals surface area contributed by atoms with Crippen LogP contribution < -0.4 is 0 Å². The zero-order valence-electron chi connectivity index (χ0n) is 23.1. The lowest BCUT2D eigenvalue weighted by Gasteiger charge is -2.09. The molecule has 0 bridgehead atoms. The molecule has 0 aliphatic rings. The van der Waals surface area contributed by atoms with Crippen LogP contribution in [0, 0.1) is 6.92 Å². The van der Waals surface area contributed by atoms with Crippen molar-refractivity contribution < 1.29 is 0 Å². The van der Waals surface area contributed by atoms with Crippen molar-refractivity contribution in [2.75, 3.05) is 0 Å². The monoisotopic (exact) mass is 538 g/mol. The van der Waals surface area contributed by atoms with E-state index in [2.05, 4.69) is 121 Å². The smallest absolute Gasteiger partial charge is 0.145 e. The molecule has 0 fully saturated rings. The molecule has 4 heterocycles. The fourth-order valence-corrected chi connectivity index (χ4v) is 5.92. The van der Waals surface area contributed by atoms with Gasteiger partial charge in [-0.3, -0.25) is 14.5 Å². The van der Waals surface area contributed by atoms with Gasteiger partial charge >= 0.3 is 0 Å². The molecule has 0 unspecified atom stereocenters. The van der Waals surface area contributed by atoms with Crippen LogP contribution in [0.2, 0.25) is 0 Å². The van der Waals surface area contributed by atoms with Crippen molar-refractivity contribution in [3.63, 3.8) is 0 Å². The first-order chi connectivity index (χ1) is 20.7. The molecule has 0 aliphatic carbocycles. The minimum Gasteiger partial charge on any atom is -0.294 e. The Morgan fingerprint density at radius 1 is 0.524 bits per heavy atom. The van der Waals surface area contributed by atoms with Gasteiger partial charge in [0.25, 0.3) is 0 Å². The van der Waals surface area contributed by atoms with Crippen LogP contribution in [-0.2, 0) is 0 Å². The lowest BCUT2D eigenvalue weighted by Crippen LogP contribution is -1.95. The lowest BCUT2D eigenvalue weighted by atomic mass is 9.99. The molecule has 0 saturated heterocycles. The highest BCUT2D eigenvalue weighted by atomic mass is 15.0. The van der Waals surface area contributed by atoms with Gasteiger partial charge in [-0.1, -0.05) is 78.4 Å². The second-order valence-electron chi connectivity index (χ2n) is 10.7. The maximum atomic E-state index is 4.76. The number of aromatic nitrogens is 4. The Hall–Kier alpha value is -5.61. The quantitative estimate of drug-likeness (QED) is 0.224. The first-order valence-corrected chi connectivity index (χ1v) is 14.1. The topological polar surface area (TPSA) is 43.6 Å². The van der Waals surface area contributed by atoms with Gasteiger partial charge in [0.05, 0.1) is 16.9 Å². The summed E-state index contributed by atoms with van der Waals surface area (Å²) in [7, 11) is 0. The van der Waals surface area contributed by atoms with Gasteiger partial charge in [0.1, 0.15) is 5.65 Å². The Balaban J connectivity index is 1.08. The van der Waals surface area contributed by atoms with Gasteiger partial charge in [0, 0.05) is 46.2 Å². The number of hydrogen-bond acceptors (Lipinski definition) is 3. The second-order valence-corrected chi connectivity index (χ2v) is 10.7. The summed E-state index contributed by atoms with van der Waals surface area (Å²) in [4.78, 5) is 14.2. The van der Waals surface area contributed by atoms with Crippen LogP contribution in [0.15, 0.2) is 140 Å². The maximum absolute atomic E-state index is 4.76. The summed E-state index contributed by atoms with van der Waals surface area (Å²) >= 11 is 0. The number of hydrogen-bond donors (Lipinski definition) is 0. The number of rotatable bonds is 4. The van der Waals surface area contributed by atoms with Gasteiger partial charge < -0.3 is 0 Å². The van der Waals surface area contributed by atoms with Crippen LogP contribution in [0.5, 0.6) is 0 Å². The molecule has 4 heteroatoms. The van der Waals surface area contributed by atoms with Crippen LogP contribution >= 0.6 is 0 Å². The third-order valence-electron chi connectivity index (χ3n) is 8.03. The van der Waals surface area contributed by atoms with E-state index < -0.39 is 0 Å². The molecule has 8 aromatic rings. The summed E-state index contributed by atoms with van der Waals surface area (Å²) in [6.07, 6.45) is 5.73. The number of nitrogens with zero attached hydrogens (tertiary/aromatic N) is 4. The highest BCUT2D eigenvalue weighted by Crippen LogP contribution is 2.33. The van der Waals surface area contributed by atoms with Gasteiger partial charge in [-0.25, -0.2) is 4.98 Å². The summed E-state index contributed by atoms with van der Waals surface area (Å²) in [5.74, 6) is 0. The van der Waals surface area contributed by atoms with E-state index in [1.807, 2.05) is 30.7 Å². The van der Waals surface area contributed by atoms with Crippen LogP contribution in [0.3, 0.4) is 0 Å². The van der Waals surface area contributed by atoms with Gasteiger partial charge in [-0.2, -0.15) is 0 Å².